The lowest BCUT2D eigenvalue weighted by Gasteiger charge is -2.44. The third kappa shape index (κ3) is 5.20. The smallest absolute Gasteiger partial charge is 0.407 e. The van der Waals surface area contributed by atoms with Gasteiger partial charge in [0.05, 0.1) is 24.3 Å². The molecule has 0 aromatic rings. The number of amides is 2. The highest BCUT2D eigenvalue weighted by atomic mass is 35.5. The van der Waals surface area contributed by atoms with Crippen LogP contribution in [0, 0.1) is 0 Å². The van der Waals surface area contributed by atoms with E-state index in [0.29, 0.717) is 19.4 Å². The Morgan fingerprint density at radius 1 is 1.18 bits per heavy atom. The van der Waals surface area contributed by atoms with E-state index in [9.17, 15) is 14.7 Å². The maximum absolute atomic E-state index is 12.6. The first-order valence-corrected chi connectivity index (χ1v) is 13.4. The molecule has 2 fully saturated rings. The average molecular weight is 435 g/mol. The molecule has 2 rings (SSSR count). The molecule has 0 unspecified atom stereocenters. The van der Waals surface area contributed by atoms with Crippen LogP contribution in [-0.2, 0) is 9.22 Å². The molecule has 1 heterocycles. The number of β-amino-alcohol motifs (C(OH)–C–C–N with tert-alkyl or cyclic N) is 1. The lowest BCUT2D eigenvalue weighted by atomic mass is 9.90. The Bertz CT molecular complexity index is 596. The predicted molar refractivity (Wildman–Crippen MR) is 111 cm³/mol. The second kappa shape index (κ2) is 8.12. The van der Waals surface area contributed by atoms with Crippen molar-refractivity contribution in [2.24, 2.45) is 0 Å². The van der Waals surface area contributed by atoms with Crippen LogP contribution in [0.1, 0.15) is 46.5 Å². The van der Waals surface area contributed by atoms with Gasteiger partial charge < -0.3 is 24.4 Å². The van der Waals surface area contributed by atoms with Crippen LogP contribution < -0.4 is 0 Å². The Morgan fingerprint density at radius 2 is 1.71 bits per heavy atom. The second-order valence-electron chi connectivity index (χ2n) is 9.88. The summed E-state index contributed by atoms with van der Waals surface area (Å²) in [7, 11) is -1.96. The van der Waals surface area contributed by atoms with Crippen molar-refractivity contribution in [2.75, 3.05) is 32.1 Å². The van der Waals surface area contributed by atoms with Gasteiger partial charge >= 0.3 is 6.09 Å². The van der Waals surface area contributed by atoms with Crippen molar-refractivity contribution in [1.29, 1.82) is 0 Å². The largest absolute Gasteiger partial charge is 0.465 e. The van der Waals surface area contributed by atoms with Crippen LogP contribution in [0.4, 0.5) is 4.79 Å². The summed E-state index contributed by atoms with van der Waals surface area (Å²) in [5.41, 5.74) is -1.50. The number of hydrogen-bond donors (Lipinski definition) is 2. The Morgan fingerprint density at radius 3 is 2.11 bits per heavy atom. The number of carboxylic acid groups (broad SMARTS) is 1. The van der Waals surface area contributed by atoms with Gasteiger partial charge in [0.2, 0.25) is 5.91 Å². The highest BCUT2D eigenvalue weighted by Crippen LogP contribution is 2.46. The number of likely N-dealkylation sites (tertiary alicyclic amines) is 1. The molecule has 2 aliphatic rings. The summed E-state index contributed by atoms with van der Waals surface area (Å²) >= 11 is 5.88. The summed E-state index contributed by atoms with van der Waals surface area (Å²) in [6.45, 7) is 12.1. The molecule has 0 radical (unpaired) electrons. The number of alkyl halides is 1. The van der Waals surface area contributed by atoms with Crippen molar-refractivity contribution in [1.82, 2.24) is 9.80 Å². The van der Waals surface area contributed by atoms with Crippen molar-refractivity contribution in [3.63, 3.8) is 0 Å². The van der Waals surface area contributed by atoms with Gasteiger partial charge in [0.25, 0.3) is 0 Å². The quantitative estimate of drug-likeness (QED) is 0.474. The number of aliphatic hydroxyl groups is 1. The van der Waals surface area contributed by atoms with Crippen molar-refractivity contribution < 1.29 is 24.2 Å². The number of rotatable bonds is 7. The number of piperidine rings is 1. The standard InChI is InChI=1S/C19H35ClN2O5Si/c1-17(2,3)28(4,5)27-14-18(6-7-18)22(15(23)12-20)13-19(26)8-10-21(11-9-19)16(24)25/h26H,6-14H2,1-5H3,(H,24,25). The summed E-state index contributed by atoms with van der Waals surface area (Å²) in [5, 5.41) is 20.2. The molecule has 2 N–H and O–H groups in total. The lowest BCUT2D eigenvalue weighted by Crippen LogP contribution is -2.58. The Kier molecular flexibility index (Phi) is 6.80. The van der Waals surface area contributed by atoms with Crippen LogP contribution in [0.15, 0.2) is 0 Å². The fourth-order valence-corrected chi connectivity index (χ4v) is 4.53. The Hall–Kier alpha value is -0.833. The van der Waals surface area contributed by atoms with Gasteiger partial charge in [-0.2, -0.15) is 0 Å². The molecule has 0 aromatic heterocycles. The first kappa shape index (κ1) is 23.4. The van der Waals surface area contributed by atoms with Crippen molar-refractivity contribution in [3.05, 3.63) is 0 Å². The van der Waals surface area contributed by atoms with E-state index in [4.69, 9.17) is 21.1 Å². The van der Waals surface area contributed by atoms with E-state index in [2.05, 4.69) is 33.9 Å². The molecule has 2 amide bonds. The van der Waals surface area contributed by atoms with E-state index < -0.39 is 25.6 Å². The molecule has 28 heavy (non-hydrogen) atoms. The van der Waals surface area contributed by atoms with E-state index in [0.717, 1.165) is 12.8 Å². The van der Waals surface area contributed by atoms with E-state index in [-0.39, 0.29) is 36.5 Å². The molecular weight excluding hydrogens is 400 g/mol. The van der Waals surface area contributed by atoms with E-state index in [1.165, 1.54) is 4.90 Å². The number of nitrogens with zero attached hydrogens (tertiary/aromatic N) is 2. The fraction of sp³-hybridized carbons (Fsp3) is 0.895. The Labute approximate surface area is 174 Å². The Balaban J connectivity index is 2.09. The van der Waals surface area contributed by atoms with E-state index >= 15 is 0 Å². The zero-order chi connectivity index (χ0) is 21.4. The minimum atomic E-state index is -1.96. The minimum Gasteiger partial charge on any atom is -0.465 e. The van der Waals surface area contributed by atoms with Gasteiger partial charge in [-0.05, 0) is 43.8 Å². The van der Waals surface area contributed by atoms with Crippen molar-refractivity contribution >= 4 is 31.9 Å². The molecule has 1 aliphatic carbocycles. The van der Waals surface area contributed by atoms with Gasteiger partial charge in [0.15, 0.2) is 8.32 Å². The summed E-state index contributed by atoms with van der Waals surface area (Å²) in [4.78, 5) is 26.8. The van der Waals surface area contributed by atoms with Crippen LogP contribution in [0.5, 0.6) is 0 Å². The van der Waals surface area contributed by atoms with E-state index in [1.807, 2.05) is 0 Å². The zero-order valence-electron chi connectivity index (χ0n) is 17.8. The summed E-state index contributed by atoms with van der Waals surface area (Å²) < 4.78 is 6.40. The third-order valence-corrected chi connectivity index (χ3v) is 11.4. The molecule has 0 atom stereocenters. The molecule has 0 aromatic carbocycles. The topological polar surface area (TPSA) is 90.3 Å². The van der Waals surface area contributed by atoms with Crippen LogP contribution in [0.25, 0.3) is 0 Å². The van der Waals surface area contributed by atoms with Crippen LogP contribution in [0.3, 0.4) is 0 Å². The van der Waals surface area contributed by atoms with Crippen LogP contribution in [0.2, 0.25) is 18.1 Å². The van der Waals surface area contributed by atoms with Gasteiger partial charge in [0.1, 0.15) is 5.88 Å². The zero-order valence-corrected chi connectivity index (χ0v) is 19.5. The second-order valence-corrected chi connectivity index (χ2v) is 15.0. The average Bonchev–Trinajstić information content (AvgIpc) is 3.38. The normalized spacial score (nSPS) is 21.3. The number of hydrogen-bond acceptors (Lipinski definition) is 4. The maximum atomic E-state index is 12.6. The molecule has 162 valence electrons. The van der Waals surface area contributed by atoms with Crippen molar-refractivity contribution in [2.45, 2.75) is 75.7 Å². The first-order chi connectivity index (χ1) is 12.8. The van der Waals surface area contributed by atoms with Crippen molar-refractivity contribution in [3.8, 4) is 0 Å². The lowest BCUT2D eigenvalue weighted by molar-refractivity contribution is -0.139. The molecule has 9 heteroatoms. The van der Waals surface area contributed by atoms with Gasteiger partial charge in [-0.25, -0.2) is 4.79 Å². The van der Waals surface area contributed by atoms with Gasteiger partial charge in [0, 0.05) is 13.1 Å². The van der Waals surface area contributed by atoms with Gasteiger partial charge in [-0.1, -0.05) is 20.8 Å². The minimum absolute atomic E-state index is 0.0757. The maximum Gasteiger partial charge on any atom is 0.407 e. The predicted octanol–water partition coefficient (Wildman–Crippen LogP) is 3.11. The fourth-order valence-electron chi connectivity index (χ4n) is 3.33. The molecule has 1 saturated carbocycles. The summed E-state index contributed by atoms with van der Waals surface area (Å²) in [6.07, 6.45) is 1.32. The van der Waals surface area contributed by atoms with Gasteiger partial charge in [-0.3, -0.25) is 4.79 Å². The number of carbonyl (C=O) groups is 2. The molecular formula is C19H35ClN2O5Si. The molecule has 1 saturated heterocycles. The molecule has 7 nitrogen and oxygen atoms in total. The van der Waals surface area contributed by atoms with Gasteiger partial charge in [-0.15, -0.1) is 11.6 Å². The number of halogens is 1. The molecule has 0 spiro atoms. The highest BCUT2D eigenvalue weighted by Gasteiger charge is 2.54. The number of carbonyl (C=O) groups excluding carboxylic acids is 1. The summed E-state index contributed by atoms with van der Waals surface area (Å²) in [6, 6.07) is 0. The molecule has 0 bridgehead atoms. The first-order valence-electron chi connectivity index (χ1n) is 9.96. The molecule has 1 aliphatic heterocycles. The SMILES string of the molecule is CC(C)(C)[Si](C)(C)OCC1(N(CC2(O)CCN(C(=O)O)CC2)C(=O)CCl)CC1. The van der Waals surface area contributed by atoms with Crippen LogP contribution in [-0.4, -0.2) is 83.6 Å². The van der Waals surface area contributed by atoms with E-state index in [1.54, 1.807) is 4.90 Å². The third-order valence-electron chi connectivity index (χ3n) is 6.74. The van der Waals surface area contributed by atoms with Crippen LogP contribution >= 0.6 is 11.6 Å². The summed E-state index contributed by atoms with van der Waals surface area (Å²) in [5.74, 6) is -0.341. The monoisotopic (exact) mass is 434 g/mol. The highest BCUT2D eigenvalue weighted by molar-refractivity contribution is 6.74.